The van der Waals surface area contributed by atoms with Crippen molar-refractivity contribution in [3.8, 4) is 17.3 Å². The predicted octanol–water partition coefficient (Wildman–Crippen LogP) is 5.87. The van der Waals surface area contributed by atoms with Crippen molar-refractivity contribution in [1.82, 2.24) is 14.8 Å². The van der Waals surface area contributed by atoms with E-state index in [1.54, 1.807) is 48.7 Å². The Balaban J connectivity index is 1.56. The summed E-state index contributed by atoms with van der Waals surface area (Å²) in [6, 6.07) is 16.2. The first-order chi connectivity index (χ1) is 14.5. The Bertz CT molecular complexity index is 1170. The minimum atomic E-state index is -0.157. The molecule has 1 N–H and O–H groups in total. The van der Waals surface area contributed by atoms with Gasteiger partial charge in [0.1, 0.15) is 0 Å². The quantitative estimate of drug-likeness (QED) is 0.365. The highest BCUT2D eigenvalue weighted by molar-refractivity contribution is 7.99. The second-order valence-corrected chi connectivity index (χ2v) is 8.21. The maximum Gasteiger partial charge on any atom is 0.234 e. The molecule has 0 bridgehead atoms. The molecule has 0 aliphatic rings. The molecule has 0 saturated heterocycles. The van der Waals surface area contributed by atoms with Crippen LogP contribution in [-0.2, 0) is 4.79 Å². The Morgan fingerprint density at radius 1 is 1.10 bits per heavy atom. The lowest BCUT2D eigenvalue weighted by Gasteiger charge is -2.10. The first kappa shape index (κ1) is 20.5. The normalized spacial score (nSPS) is 10.9. The minimum Gasteiger partial charge on any atom is -0.461 e. The molecule has 2 aromatic heterocycles. The maximum atomic E-state index is 12.5. The number of anilines is 1. The van der Waals surface area contributed by atoms with Crippen LogP contribution in [0.25, 0.3) is 17.3 Å². The van der Waals surface area contributed by atoms with Crippen LogP contribution >= 0.6 is 35.0 Å². The molecular formula is C21H16Cl2N4O2S. The average Bonchev–Trinajstić information content (AvgIpc) is 3.39. The topological polar surface area (TPSA) is 73.0 Å². The maximum absolute atomic E-state index is 12.5. The molecule has 2 aromatic carbocycles. The molecule has 0 atom stereocenters. The fraction of sp³-hybridized carbons (Fsp3) is 0.0952. The zero-order valence-corrected chi connectivity index (χ0v) is 18.1. The summed E-state index contributed by atoms with van der Waals surface area (Å²) in [5, 5.41) is 13.2. The Labute approximate surface area is 187 Å². The van der Waals surface area contributed by atoms with Gasteiger partial charge in [-0.15, -0.1) is 10.2 Å². The number of benzene rings is 2. The molecule has 1 amide bonds. The third kappa shape index (κ3) is 4.53. The summed E-state index contributed by atoms with van der Waals surface area (Å²) in [7, 11) is 0. The lowest BCUT2D eigenvalue weighted by Crippen LogP contribution is -2.15. The van der Waals surface area contributed by atoms with Crippen LogP contribution < -0.4 is 5.32 Å². The number of rotatable bonds is 6. The van der Waals surface area contributed by atoms with Crippen LogP contribution in [0, 0.1) is 6.92 Å². The first-order valence-electron chi connectivity index (χ1n) is 8.95. The zero-order chi connectivity index (χ0) is 21.1. The molecule has 0 saturated carbocycles. The fourth-order valence-electron chi connectivity index (χ4n) is 2.84. The first-order valence-corrected chi connectivity index (χ1v) is 10.7. The number of aromatic nitrogens is 3. The van der Waals surface area contributed by atoms with Gasteiger partial charge in [0.15, 0.2) is 10.9 Å². The van der Waals surface area contributed by atoms with E-state index in [0.29, 0.717) is 26.8 Å². The van der Waals surface area contributed by atoms with Gasteiger partial charge in [0.05, 0.1) is 12.0 Å². The van der Waals surface area contributed by atoms with Gasteiger partial charge in [0.25, 0.3) is 0 Å². The second-order valence-electron chi connectivity index (χ2n) is 6.39. The summed E-state index contributed by atoms with van der Waals surface area (Å²) in [6.07, 6.45) is 1.57. The fourth-order valence-corrected chi connectivity index (χ4v) is 3.94. The summed E-state index contributed by atoms with van der Waals surface area (Å²) in [6.45, 7) is 1.89. The van der Waals surface area contributed by atoms with Crippen LogP contribution in [0.3, 0.4) is 0 Å². The van der Waals surface area contributed by atoms with Crippen LogP contribution in [0.2, 0.25) is 10.0 Å². The van der Waals surface area contributed by atoms with Gasteiger partial charge in [-0.1, -0.05) is 35.0 Å². The number of halogens is 2. The van der Waals surface area contributed by atoms with Crippen LogP contribution in [0.5, 0.6) is 0 Å². The number of nitrogens with zero attached hydrogens (tertiary/aromatic N) is 3. The number of thioether (sulfide) groups is 1. The largest absolute Gasteiger partial charge is 0.461 e. The molecule has 6 nitrogen and oxygen atoms in total. The van der Waals surface area contributed by atoms with E-state index >= 15 is 0 Å². The highest BCUT2D eigenvalue weighted by atomic mass is 35.5. The van der Waals surface area contributed by atoms with E-state index in [2.05, 4.69) is 15.5 Å². The molecule has 0 fully saturated rings. The molecule has 0 aliphatic heterocycles. The molecular weight excluding hydrogens is 443 g/mol. The van der Waals surface area contributed by atoms with Crippen molar-refractivity contribution in [2.45, 2.75) is 12.1 Å². The van der Waals surface area contributed by atoms with Crippen molar-refractivity contribution < 1.29 is 9.21 Å². The summed E-state index contributed by atoms with van der Waals surface area (Å²) in [5.41, 5.74) is 2.43. The van der Waals surface area contributed by atoms with Gasteiger partial charge in [-0.3, -0.25) is 9.36 Å². The number of furan rings is 1. The Hall–Kier alpha value is -2.74. The standard InChI is InChI=1S/C21H16Cl2N4O2S/c1-13-11-15(23)6-9-17(13)24-19(28)12-30-21-26-25-20(18-3-2-10-29-18)27(21)16-7-4-14(22)5-8-16/h2-11H,12H2,1H3,(H,24,28). The second kappa shape index (κ2) is 8.95. The number of hydrogen-bond donors (Lipinski definition) is 1. The minimum absolute atomic E-state index is 0.157. The third-order valence-electron chi connectivity index (χ3n) is 4.25. The summed E-state index contributed by atoms with van der Waals surface area (Å²) in [4.78, 5) is 12.5. The lowest BCUT2D eigenvalue weighted by molar-refractivity contribution is -0.113. The van der Waals surface area contributed by atoms with Gasteiger partial charge in [0, 0.05) is 21.4 Å². The van der Waals surface area contributed by atoms with Gasteiger partial charge >= 0.3 is 0 Å². The van der Waals surface area contributed by atoms with Crippen LogP contribution in [0.15, 0.2) is 70.4 Å². The predicted molar refractivity (Wildman–Crippen MR) is 120 cm³/mol. The van der Waals surface area contributed by atoms with Gasteiger partial charge in [0.2, 0.25) is 11.7 Å². The molecule has 9 heteroatoms. The van der Waals surface area contributed by atoms with E-state index in [4.69, 9.17) is 27.6 Å². The Morgan fingerprint density at radius 2 is 1.87 bits per heavy atom. The highest BCUT2D eigenvalue weighted by Crippen LogP contribution is 2.29. The third-order valence-corrected chi connectivity index (χ3v) is 5.67. The van der Waals surface area contributed by atoms with E-state index in [-0.39, 0.29) is 11.7 Å². The number of carbonyl (C=O) groups excluding carboxylic acids is 1. The monoisotopic (exact) mass is 458 g/mol. The highest BCUT2D eigenvalue weighted by Gasteiger charge is 2.19. The molecule has 152 valence electrons. The van der Waals surface area contributed by atoms with Gasteiger partial charge in [-0.05, 0) is 67.1 Å². The summed E-state index contributed by atoms with van der Waals surface area (Å²) < 4.78 is 7.33. The number of aryl methyl sites for hydroxylation is 1. The Kier molecular flexibility index (Phi) is 6.13. The van der Waals surface area contributed by atoms with Gasteiger partial charge < -0.3 is 9.73 Å². The van der Waals surface area contributed by atoms with E-state index in [1.165, 1.54) is 11.8 Å². The van der Waals surface area contributed by atoms with Crippen LogP contribution in [-0.4, -0.2) is 26.4 Å². The average molecular weight is 459 g/mol. The number of hydrogen-bond acceptors (Lipinski definition) is 5. The molecule has 0 unspecified atom stereocenters. The van der Waals surface area contributed by atoms with E-state index in [0.717, 1.165) is 16.9 Å². The van der Waals surface area contributed by atoms with Crippen molar-refractivity contribution >= 4 is 46.6 Å². The van der Waals surface area contributed by atoms with Crippen molar-refractivity contribution in [2.75, 3.05) is 11.1 Å². The number of carbonyl (C=O) groups is 1. The van der Waals surface area contributed by atoms with E-state index in [1.807, 2.05) is 23.6 Å². The van der Waals surface area contributed by atoms with E-state index in [9.17, 15) is 4.79 Å². The summed E-state index contributed by atoms with van der Waals surface area (Å²) in [5.74, 6) is 1.12. The SMILES string of the molecule is Cc1cc(Cl)ccc1NC(=O)CSc1nnc(-c2ccco2)n1-c1ccc(Cl)cc1. The molecule has 4 aromatic rings. The Morgan fingerprint density at radius 3 is 2.57 bits per heavy atom. The van der Waals surface area contributed by atoms with Crippen molar-refractivity contribution in [3.63, 3.8) is 0 Å². The van der Waals surface area contributed by atoms with Gasteiger partial charge in [-0.25, -0.2) is 0 Å². The molecule has 0 radical (unpaired) electrons. The molecule has 0 spiro atoms. The van der Waals surface area contributed by atoms with Crippen molar-refractivity contribution in [2.24, 2.45) is 0 Å². The molecule has 2 heterocycles. The lowest BCUT2D eigenvalue weighted by atomic mass is 10.2. The smallest absolute Gasteiger partial charge is 0.234 e. The van der Waals surface area contributed by atoms with Gasteiger partial charge in [-0.2, -0.15) is 0 Å². The number of amides is 1. The van der Waals surface area contributed by atoms with E-state index < -0.39 is 0 Å². The van der Waals surface area contributed by atoms with Crippen LogP contribution in [0.4, 0.5) is 5.69 Å². The molecule has 0 aliphatic carbocycles. The van der Waals surface area contributed by atoms with Crippen LogP contribution in [0.1, 0.15) is 5.56 Å². The zero-order valence-electron chi connectivity index (χ0n) is 15.8. The summed E-state index contributed by atoms with van der Waals surface area (Å²) >= 11 is 13.3. The number of nitrogens with one attached hydrogen (secondary N) is 1. The molecule has 30 heavy (non-hydrogen) atoms. The van der Waals surface area contributed by atoms with Crippen molar-refractivity contribution in [1.29, 1.82) is 0 Å². The molecule has 4 rings (SSSR count). The van der Waals surface area contributed by atoms with Crippen molar-refractivity contribution in [3.05, 3.63) is 76.5 Å².